The SMILES string of the molecule is CCOC(COCC(O)COCC(OCC)N(C)C)N(C)C. The number of aliphatic hydroxyl groups excluding tert-OH is 1. The van der Waals surface area contributed by atoms with Crippen LogP contribution in [-0.4, -0.2) is 101 Å². The van der Waals surface area contributed by atoms with Crippen LogP contribution in [0.1, 0.15) is 13.8 Å². The molecule has 2 unspecified atom stereocenters. The lowest BCUT2D eigenvalue weighted by Crippen LogP contribution is -2.37. The van der Waals surface area contributed by atoms with E-state index in [2.05, 4.69) is 0 Å². The highest BCUT2D eigenvalue weighted by atomic mass is 16.6. The number of rotatable bonds is 14. The first kappa shape index (κ1) is 21.7. The van der Waals surface area contributed by atoms with E-state index in [1.54, 1.807) is 0 Å². The molecule has 22 heavy (non-hydrogen) atoms. The third kappa shape index (κ3) is 10.4. The minimum absolute atomic E-state index is 0.103. The van der Waals surface area contributed by atoms with Crippen molar-refractivity contribution in [1.29, 1.82) is 0 Å². The Labute approximate surface area is 135 Å². The molecule has 0 amide bonds. The molecule has 0 fully saturated rings. The van der Waals surface area contributed by atoms with Crippen LogP contribution in [-0.2, 0) is 18.9 Å². The molecule has 2 atom stereocenters. The van der Waals surface area contributed by atoms with Gasteiger partial charge in [0.05, 0.1) is 26.4 Å². The van der Waals surface area contributed by atoms with Crippen molar-refractivity contribution in [3.63, 3.8) is 0 Å². The zero-order valence-electron chi connectivity index (χ0n) is 14.9. The second-order valence-electron chi connectivity index (χ2n) is 5.48. The number of hydrogen-bond acceptors (Lipinski definition) is 7. The summed E-state index contributed by atoms with van der Waals surface area (Å²) in [7, 11) is 7.72. The molecular weight excluding hydrogens is 288 g/mol. The van der Waals surface area contributed by atoms with Crippen LogP contribution in [0.5, 0.6) is 0 Å². The second kappa shape index (κ2) is 13.2. The first-order chi connectivity index (χ1) is 10.4. The minimum Gasteiger partial charge on any atom is -0.388 e. The Bertz CT molecular complexity index is 230. The average molecular weight is 322 g/mol. The van der Waals surface area contributed by atoms with Crippen molar-refractivity contribution in [2.24, 2.45) is 0 Å². The van der Waals surface area contributed by atoms with Gasteiger partial charge < -0.3 is 24.1 Å². The molecule has 0 aromatic heterocycles. The van der Waals surface area contributed by atoms with Gasteiger partial charge in [-0.3, -0.25) is 9.80 Å². The fourth-order valence-electron chi connectivity index (χ4n) is 1.74. The average Bonchev–Trinajstić information content (AvgIpc) is 2.45. The van der Waals surface area contributed by atoms with E-state index >= 15 is 0 Å². The van der Waals surface area contributed by atoms with Crippen LogP contribution in [0, 0.1) is 0 Å². The maximum Gasteiger partial charge on any atom is 0.133 e. The molecule has 0 aliphatic heterocycles. The van der Waals surface area contributed by atoms with Crippen molar-refractivity contribution in [3.05, 3.63) is 0 Å². The summed E-state index contributed by atoms with van der Waals surface area (Å²) in [6.45, 7) is 6.41. The summed E-state index contributed by atoms with van der Waals surface area (Å²) in [6, 6.07) is 0. The summed E-state index contributed by atoms with van der Waals surface area (Å²) in [5.41, 5.74) is 0. The molecular formula is C15H34N2O5. The zero-order chi connectivity index (χ0) is 17.0. The van der Waals surface area contributed by atoms with Gasteiger partial charge >= 0.3 is 0 Å². The van der Waals surface area contributed by atoms with Crippen LogP contribution in [0.15, 0.2) is 0 Å². The smallest absolute Gasteiger partial charge is 0.133 e. The third-order valence-corrected chi connectivity index (χ3v) is 3.01. The molecule has 0 saturated heterocycles. The van der Waals surface area contributed by atoms with E-state index in [0.29, 0.717) is 26.4 Å². The molecule has 0 aliphatic carbocycles. The number of ether oxygens (including phenoxy) is 4. The normalized spacial score (nSPS) is 16.2. The van der Waals surface area contributed by atoms with E-state index in [1.165, 1.54) is 0 Å². The van der Waals surface area contributed by atoms with Gasteiger partial charge in [0.15, 0.2) is 0 Å². The molecule has 0 bridgehead atoms. The second-order valence-corrected chi connectivity index (χ2v) is 5.48. The molecule has 0 saturated carbocycles. The lowest BCUT2D eigenvalue weighted by atomic mass is 10.4. The van der Waals surface area contributed by atoms with Gasteiger partial charge in [0, 0.05) is 13.2 Å². The highest BCUT2D eigenvalue weighted by Crippen LogP contribution is 2.00. The van der Waals surface area contributed by atoms with E-state index in [-0.39, 0.29) is 25.7 Å². The zero-order valence-corrected chi connectivity index (χ0v) is 14.9. The van der Waals surface area contributed by atoms with Gasteiger partial charge in [0.1, 0.15) is 18.6 Å². The summed E-state index contributed by atoms with van der Waals surface area (Å²) in [5.74, 6) is 0. The van der Waals surface area contributed by atoms with E-state index in [1.807, 2.05) is 51.8 Å². The summed E-state index contributed by atoms with van der Waals surface area (Å²) >= 11 is 0. The van der Waals surface area contributed by atoms with Gasteiger partial charge in [0.25, 0.3) is 0 Å². The van der Waals surface area contributed by atoms with Crippen LogP contribution in [0.4, 0.5) is 0 Å². The highest BCUT2D eigenvalue weighted by Gasteiger charge is 2.14. The Hall–Kier alpha value is -0.280. The molecule has 0 spiro atoms. The van der Waals surface area contributed by atoms with Crippen LogP contribution in [0.25, 0.3) is 0 Å². The lowest BCUT2D eigenvalue weighted by Gasteiger charge is -2.25. The van der Waals surface area contributed by atoms with Crippen molar-refractivity contribution >= 4 is 0 Å². The maximum atomic E-state index is 9.85. The van der Waals surface area contributed by atoms with Crippen molar-refractivity contribution in [2.75, 3.05) is 67.8 Å². The molecule has 0 rings (SSSR count). The first-order valence-corrected chi connectivity index (χ1v) is 7.81. The Morgan fingerprint density at radius 2 is 1.09 bits per heavy atom. The van der Waals surface area contributed by atoms with E-state index in [9.17, 15) is 5.11 Å². The molecule has 134 valence electrons. The Morgan fingerprint density at radius 3 is 1.36 bits per heavy atom. The van der Waals surface area contributed by atoms with Crippen molar-refractivity contribution in [3.8, 4) is 0 Å². The first-order valence-electron chi connectivity index (χ1n) is 7.81. The predicted octanol–water partition coefficient (Wildman–Crippen LogP) is 0.229. The molecule has 7 heteroatoms. The minimum atomic E-state index is -0.658. The van der Waals surface area contributed by atoms with Crippen LogP contribution >= 0.6 is 0 Å². The maximum absolute atomic E-state index is 9.85. The topological polar surface area (TPSA) is 63.6 Å². The Morgan fingerprint density at radius 1 is 0.727 bits per heavy atom. The molecule has 0 aliphatic rings. The Kier molecular flexibility index (Phi) is 13.0. The number of aliphatic hydroxyl groups is 1. The van der Waals surface area contributed by atoms with Gasteiger partial charge in [-0.2, -0.15) is 0 Å². The van der Waals surface area contributed by atoms with E-state index in [0.717, 1.165) is 0 Å². The molecule has 7 nitrogen and oxygen atoms in total. The van der Waals surface area contributed by atoms with Gasteiger partial charge in [-0.1, -0.05) is 0 Å². The molecule has 1 N–H and O–H groups in total. The van der Waals surface area contributed by atoms with Crippen LogP contribution in [0.3, 0.4) is 0 Å². The number of hydrogen-bond donors (Lipinski definition) is 1. The van der Waals surface area contributed by atoms with Crippen LogP contribution < -0.4 is 0 Å². The standard InChI is InChI=1S/C15H34N2O5/c1-7-21-14(16(3)4)11-19-9-13(18)10-20-12-15(17(5)6)22-8-2/h13-15,18H,7-12H2,1-6H3. The van der Waals surface area contributed by atoms with Crippen molar-refractivity contribution in [2.45, 2.75) is 32.4 Å². The van der Waals surface area contributed by atoms with Gasteiger partial charge in [0.2, 0.25) is 0 Å². The van der Waals surface area contributed by atoms with Gasteiger partial charge in [-0.25, -0.2) is 0 Å². The van der Waals surface area contributed by atoms with Gasteiger partial charge in [-0.05, 0) is 42.0 Å². The van der Waals surface area contributed by atoms with Crippen LogP contribution in [0.2, 0.25) is 0 Å². The summed E-state index contributed by atoms with van der Waals surface area (Å²) in [5, 5.41) is 9.85. The third-order valence-electron chi connectivity index (χ3n) is 3.01. The lowest BCUT2D eigenvalue weighted by molar-refractivity contribution is -0.112. The van der Waals surface area contributed by atoms with Gasteiger partial charge in [-0.15, -0.1) is 0 Å². The quantitative estimate of drug-likeness (QED) is 0.459. The molecule has 0 heterocycles. The van der Waals surface area contributed by atoms with E-state index < -0.39 is 6.10 Å². The summed E-state index contributed by atoms with van der Waals surface area (Å²) in [4.78, 5) is 3.88. The number of nitrogens with zero attached hydrogens (tertiary/aromatic N) is 2. The summed E-state index contributed by atoms with van der Waals surface area (Å²) in [6.07, 6.45) is -0.864. The predicted molar refractivity (Wildman–Crippen MR) is 85.8 cm³/mol. The largest absolute Gasteiger partial charge is 0.388 e. The highest BCUT2D eigenvalue weighted by molar-refractivity contribution is 4.58. The fraction of sp³-hybridized carbons (Fsp3) is 1.00. The monoisotopic (exact) mass is 322 g/mol. The number of likely N-dealkylation sites (N-methyl/N-ethyl adjacent to an activating group) is 2. The van der Waals surface area contributed by atoms with Crippen molar-refractivity contribution < 1.29 is 24.1 Å². The molecule has 0 aromatic rings. The Balaban J connectivity index is 3.82. The molecule has 0 radical (unpaired) electrons. The summed E-state index contributed by atoms with van der Waals surface area (Å²) < 4.78 is 22.0. The van der Waals surface area contributed by atoms with Crippen molar-refractivity contribution in [1.82, 2.24) is 9.80 Å². The fourth-order valence-corrected chi connectivity index (χ4v) is 1.74. The molecule has 0 aromatic carbocycles. The van der Waals surface area contributed by atoms with E-state index in [4.69, 9.17) is 18.9 Å².